The maximum atomic E-state index is 14.1. The van der Waals surface area contributed by atoms with Gasteiger partial charge in [0, 0.05) is 32.0 Å². The molecule has 1 fully saturated rings. The zero-order valence-corrected chi connectivity index (χ0v) is 27.8. The number of hydrogen-bond acceptors (Lipinski definition) is 5. The van der Waals surface area contributed by atoms with E-state index < -0.39 is 16.1 Å². The second-order valence-electron chi connectivity index (χ2n) is 12.1. The molecule has 3 aromatic rings. The van der Waals surface area contributed by atoms with Crippen LogP contribution >= 0.6 is 0 Å². The Hall–Kier alpha value is -3.85. The van der Waals surface area contributed by atoms with Crippen LogP contribution in [-0.4, -0.2) is 57.1 Å². The average Bonchev–Trinajstić information content (AvgIpc) is 3.02. The fraction of sp³-hybridized carbons (Fsp3) is 0.444. The van der Waals surface area contributed by atoms with Gasteiger partial charge in [-0.15, -0.1) is 0 Å². The van der Waals surface area contributed by atoms with Crippen LogP contribution in [0, 0.1) is 13.8 Å². The third-order valence-electron chi connectivity index (χ3n) is 8.64. The minimum Gasteiger partial charge on any atom is -0.497 e. The fourth-order valence-electron chi connectivity index (χ4n) is 5.95. The van der Waals surface area contributed by atoms with Gasteiger partial charge in [-0.05, 0) is 79.6 Å². The first-order valence-electron chi connectivity index (χ1n) is 15.9. The van der Waals surface area contributed by atoms with Gasteiger partial charge in [-0.2, -0.15) is 0 Å². The normalized spacial score (nSPS) is 14.4. The SMILES string of the molecule is COc1cccc(CN(C(=O)CCCN(c2ccc(C)c(C)c2)S(C)(=O)=O)[C@H](Cc2ccccc2)C(=O)NC2CCCCC2)c1. The molecule has 1 saturated carbocycles. The number of benzene rings is 3. The Kier molecular flexibility index (Phi) is 12.0. The summed E-state index contributed by atoms with van der Waals surface area (Å²) in [5.41, 5.74) is 4.46. The second kappa shape index (κ2) is 15.9. The van der Waals surface area contributed by atoms with Crippen LogP contribution in [0.1, 0.15) is 67.2 Å². The maximum absolute atomic E-state index is 14.1. The van der Waals surface area contributed by atoms with Crippen LogP contribution in [-0.2, 0) is 32.6 Å². The lowest BCUT2D eigenvalue weighted by Gasteiger charge is -2.34. The number of nitrogens with zero attached hydrogens (tertiary/aromatic N) is 2. The van der Waals surface area contributed by atoms with Gasteiger partial charge in [0.2, 0.25) is 21.8 Å². The Bertz CT molecular complexity index is 1540. The van der Waals surface area contributed by atoms with Crippen molar-refractivity contribution >= 4 is 27.5 Å². The summed E-state index contributed by atoms with van der Waals surface area (Å²) in [6.07, 6.45) is 7.15. The van der Waals surface area contributed by atoms with E-state index in [0.29, 0.717) is 24.3 Å². The lowest BCUT2D eigenvalue weighted by atomic mass is 9.94. The summed E-state index contributed by atoms with van der Waals surface area (Å²) >= 11 is 0. The highest BCUT2D eigenvalue weighted by Crippen LogP contribution is 2.24. The molecule has 1 aliphatic carbocycles. The van der Waals surface area contributed by atoms with E-state index >= 15 is 0 Å². The molecule has 0 unspecified atom stereocenters. The number of methoxy groups -OCH3 is 1. The third kappa shape index (κ3) is 9.82. The summed E-state index contributed by atoms with van der Waals surface area (Å²) in [6.45, 7) is 4.30. The molecular formula is C36H47N3O5S. The topological polar surface area (TPSA) is 96.0 Å². The van der Waals surface area contributed by atoms with Crippen molar-refractivity contribution in [2.45, 2.75) is 83.8 Å². The molecule has 9 heteroatoms. The maximum Gasteiger partial charge on any atom is 0.243 e. The fourth-order valence-corrected chi connectivity index (χ4v) is 6.91. The summed E-state index contributed by atoms with van der Waals surface area (Å²) in [6, 6.07) is 22.2. The van der Waals surface area contributed by atoms with Crippen LogP contribution in [0.15, 0.2) is 72.8 Å². The molecular weight excluding hydrogens is 586 g/mol. The Morgan fingerprint density at radius 3 is 2.29 bits per heavy atom. The number of carbonyl (C=O) groups is 2. The smallest absolute Gasteiger partial charge is 0.243 e. The summed E-state index contributed by atoms with van der Waals surface area (Å²) < 4.78 is 32.4. The van der Waals surface area contributed by atoms with Crippen molar-refractivity contribution in [2.75, 3.05) is 24.2 Å². The van der Waals surface area contributed by atoms with Crippen molar-refractivity contribution in [1.82, 2.24) is 10.2 Å². The van der Waals surface area contributed by atoms with E-state index in [4.69, 9.17) is 4.74 Å². The highest BCUT2D eigenvalue weighted by Gasteiger charge is 2.32. The minimum atomic E-state index is -3.58. The van der Waals surface area contributed by atoms with Crippen LogP contribution in [0.25, 0.3) is 0 Å². The zero-order chi connectivity index (χ0) is 32.4. The lowest BCUT2D eigenvalue weighted by molar-refractivity contribution is -0.141. The summed E-state index contributed by atoms with van der Waals surface area (Å²) in [5, 5.41) is 3.26. The van der Waals surface area contributed by atoms with Crippen LogP contribution in [0.4, 0.5) is 5.69 Å². The molecule has 0 bridgehead atoms. The van der Waals surface area contributed by atoms with Gasteiger partial charge in [-0.3, -0.25) is 13.9 Å². The molecule has 0 aliphatic heterocycles. The number of rotatable bonds is 14. The number of sulfonamides is 1. The zero-order valence-electron chi connectivity index (χ0n) is 27.0. The van der Waals surface area contributed by atoms with Gasteiger partial charge in [0.15, 0.2) is 0 Å². The van der Waals surface area contributed by atoms with Crippen molar-refractivity contribution in [3.8, 4) is 5.75 Å². The van der Waals surface area contributed by atoms with Crippen LogP contribution in [0.5, 0.6) is 5.75 Å². The number of nitrogens with one attached hydrogen (secondary N) is 1. The number of aryl methyl sites for hydroxylation is 2. The molecule has 8 nitrogen and oxygen atoms in total. The van der Waals surface area contributed by atoms with E-state index in [-0.39, 0.29) is 37.4 Å². The first-order chi connectivity index (χ1) is 21.5. The summed E-state index contributed by atoms with van der Waals surface area (Å²) in [5.74, 6) is 0.310. The number of hydrogen-bond donors (Lipinski definition) is 1. The first-order valence-corrected chi connectivity index (χ1v) is 17.7. The molecule has 1 atom stereocenters. The number of ether oxygens (including phenoxy) is 1. The van der Waals surface area contributed by atoms with E-state index in [1.165, 1.54) is 17.0 Å². The van der Waals surface area contributed by atoms with Crippen LogP contribution < -0.4 is 14.4 Å². The summed E-state index contributed by atoms with van der Waals surface area (Å²) in [7, 11) is -1.98. The average molecular weight is 634 g/mol. The van der Waals surface area contributed by atoms with Gasteiger partial charge >= 0.3 is 0 Å². The predicted octanol–water partition coefficient (Wildman–Crippen LogP) is 5.95. The Labute approximate surface area is 268 Å². The van der Waals surface area contributed by atoms with E-state index in [9.17, 15) is 18.0 Å². The van der Waals surface area contributed by atoms with E-state index in [2.05, 4.69) is 5.32 Å². The third-order valence-corrected chi connectivity index (χ3v) is 9.83. The van der Waals surface area contributed by atoms with Crippen LogP contribution in [0.2, 0.25) is 0 Å². The molecule has 242 valence electrons. The van der Waals surface area contributed by atoms with Gasteiger partial charge in [0.25, 0.3) is 0 Å². The molecule has 45 heavy (non-hydrogen) atoms. The van der Waals surface area contributed by atoms with Crippen molar-refractivity contribution in [3.63, 3.8) is 0 Å². The monoisotopic (exact) mass is 633 g/mol. The van der Waals surface area contributed by atoms with E-state index in [1.54, 1.807) is 18.1 Å². The lowest BCUT2D eigenvalue weighted by Crippen LogP contribution is -2.52. The highest BCUT2D eigenvalue weighted by atomic mass is 32.2. The first kappa shape index (κ1) is 34.0. The second-order valence-corrected chi connectivity index (χ2v) is 14.0. The molecule has 1 N–H and O–H groups in total. The standard InChI is InChI=1S/C36H47N3O5S/c1-27-20-21-32(23-28(27)2)39(45(4,42)43)22-12-19-35(40)38(26-30-15-11-18-33(24-30)44-3)34(25-29-13-7-5-8-14-29)36(41)37-31-16-9-6-10-17-31/h5,7-8,11,13-15,18,20-21,23-24,31,34H,6,9-10,12,16-17,19,22,25-26H2,1-4H3,(H,37,41)/t34-/m1/s1. The molecule has 0 heterocycles. The Morgan fingerprint density at radius 2 is 1.62 bits per heavy atom. The number of anilines is 1. The van der Waals surface area contributed by atoms with Crippen molar-refractivity contribution < 1.29 is 22.7 Å². The van der Waals surface area contributed by atoms with Crippen molar-refractivity contribution in [3.05, 3.63) is 95.1 Å². The Morgan fingerprint density at radius 1 is 0.911 bits per heavy atom. The quantitative estimate of drug-likeness (QED) is 0.237. The number of carbonyl (C=O) groups excluding carboxylic acids is 2. The molecule has 4 rings (SSSR count). The van der Waals surface area contributed by atoms with Gasteiger partial charge in [-0.1, -0.05) is 67.8 Å². The summed E-state index contributed by atoms with van der Waals surface area (Å²) in [4.78, 5) is 29.8. The van der Waals surface area contributed by atoms with Crippen molar-refractivity contribution in [2.24, 2.45) is 0 Å². The molecule has 2 amide bonds. The van der Waals surface area contributed by atoms with Gasteiger partial charge < -0.3 is 15.0 Å². The minimum absolute atomic E-state index is 0.0861. The van der Waals surface area contributed by atoms with E-state index in [1.807, 2.05) is 80.6 Å². The molecule has 0 aromatic heterocycles. The molecule has 3 aromatic carbocycles. The number of amides is 2. The predicted molar refractivity (Wildman–Crippen MR) is 180 cm³/mol. The molecule has 0 spiro atoms. The van der Waals surface area contributed by atoms with Crippen LogP contribution in [0.3, 0.4) is 0 Å². The molecule has 1 aliphatic rings. The van der Waals surface area contributed by atoms with Gasteiger partial charge in [-0.25, -0.2) is 8.42 Å². The van der Waals surface area contributed by atoms with Gasteiger partial charge in [0.05, 0.1) is 19.1 Å². The van der Waals surface area contributed by atoms with Crippen molar-refractivity contribution in [1.29, 1.82) is 0 Å². The largest absolute Gasteiger partial charge is 0.497 e. The van der Waals surface area contributed by atoms with E-state index in [0.717, 1.165) is 47.9 Å². The highest BCUT2D eigenvalue weighted by molar-refractivity contribution is 7.92. The Balaban J connectivity index is 1.61. The molecule has 0 radical (unpaired) electrons. The van der Waals surface area contributed by atoms with Gasteiger partial charge in [0.1, 0.15) is 11.8 Å². The molecule has 0 saturated heterocycles.